The van der Waals surface area contributed by atoms with E-state index in [1.54, 1.807) is 0 Å². The molecule has 0 saturated heterocycles. The number of benzene rings is 2. The van der Waals surface area contributed by atoms with Crippen molar-refractivity contribution in [3.8, 4) is 22.4 Å². The topological polar surface area (TPSA) is 12.9 Å². The number of hydrogen-bond donors (Lipinski definition) is 0. The van der Waals surface area contributed by atoms with Gasteiger partial charge in [0.05, 0.1) is 5.69 Å². The van der Waals surface area contributed by atoms with E-state index in [4.69, 9.17) is 0 Å². The van der Waals surface area contributed by atoms with Crippen molar-refractivity contribution in [2.45, 2.75) is 13.8 Å². The molecule has 1 nitrogen and oxygen atoms in total. The highest BCUT2D eigenvalue weighted by atomic mass is 14.7. The summed E-state index contributed by atoms with van der Waals surface area (Å²) in [5.74, 6) is 0. The molecule has 2 aromatic carbocycles. The van der Waals surface area contributed by atoms with Crippen molar-refractivity contribution in [3.63, 3.8) is 0 Å². The quantitative estimate of drug-likeness (QED) is 0.628. The van der Waals surface area contributed by atoms with E-state index in [1.165, 1.54) is 27.8 Å². The average molecular weight is 259 g/mol. The molecular formula is C19H17N. The fourth-order valence-corrected chi connectivity index (χ4v) is 2.49. The van der Waals surface area contributed by atoms with Crippen molar-refractivity contribution in [2.24, 2.45) is 0 Å². The lowest BCUT2D eigenvalue weighted by molar-refractivity contribution is 1.27. The van der Waals surface area contributed by atoms with Gasteiger partial charge in [0.2, 0.25) is 0 Å². The van der Waals surface area contributed by atoms with Crippen LogP contribution in [0.25, 0.3) is 22.4 Å². The molecule has 3 aromatic rings. The first-order valence-corrected chi connectivity index (χ1v) is 6.84. The Hall–Kier alpha value is -2.41. The molecule has 1 heterocycles. The van der Waals surface area contributed by atoms with Crippen LogP contribution < -0.4 is 0 Å². The lowest BCUT2D eigenvalue weighted by atomic mass is 9.94. The molecule has 0 fully saturated rings. The van der Waals surface area contributed by atoms with Crippen LogP contribution in [0.2, 0.25) is 0 Å². The number of rotatable bonds is 2. The monoisotopic (exact) mass is 259 g/mol. The van der Waals surface area contributed by atoms with Crippen LogP contribution in [0.1, 0.15) is 11.1 Å². The van der Waals surface area contributed by atoms with Crippen LogP contribution >= 0.6 is 0 Å². The molecule has 98 valence electrons. The second-order valence-electron chi connectivity index (χ2n) is 5.08. The Morgan fingerprint density at radius 2 is 1.55 bits per heavy atom. The molecule has 1 aromatic heterocycles. The summed E-state index contributed by atoms with van der Waals surface area (Å²) in [5.41, 5.74) is 7.20. The SMILES string of the molecule is Cc1ccc(-c2ncccc2C)c(-c2ccccc2)c1. The molecule has 0 aliphatic heterocycles. The Kier molecular flexibility index (Phi) is 3.34. The van der Waals surface area contributed by atoms with Gasteiger partial charge in [-0.05, 0) is 36.6 Å². The number of nitrogens with zero attached hydrogens (tertiary/aromatic N) is 1. The molecule has 1 heteroatoms. The molecule has 0 atom stereocenters. The first-order chi connectivity index (χ1) is 9.75. The van der Waals surface area contributed by atoms with Gasteiger partial charge in [-0.1, -0.05) is 60.2 Å². The Morgan fingerprint density at radius 1 is 0.750 bits per heavy atom. The summed E-state index contributed by atoms with van der Waals surface area (Å²) in [6, 6.07) is 21.1. The van der Waals surface area contributed by atoms with Gasteiger partial charge in [0.15, 0.2) is 0 Å². The maximum Gasteiger partial charge on any atom is 0.0737 e. The van der Waals surface area contributed by atoms with Crippen molar-refractivity contribution in [2.75, 3.05) is 0 Å². The molecule has 0 bridgehead atoms. The summed E-state index contributed by atoms with van der Waals surface area (Å²) in [5, 5.41) is 0. The Labute approximate surface area is 119 Å². The summed E-state index contributed by atoms with van der Waals surface area (Å²) in [4.78, 5) is 4.56. The summed E-state index contributed by atoms with van der Waals surface area (Å²) < 4.78 is 0. The highest BCUT2D eigenvalue weighted by Gasteiger charge is 2.10. The van der Waals surface area contributed by atoms with Gasteiger partial charge >= 0.3 is 0 Å². The third-order valence-electron chi connectivity index (χ3n) is 3.52. The smallest absolute Gasteiger partial charge is 0.0737 e. The summed E-state index contributed by atoms with van der Waals surface area (Å²) in [6.45, 7) is 4.23. The molecule has 0 N–H and O–H groups in total. The van der Waals surface area contributed by atoms with Gasteiger partial charge < -0.3 is 0 Å². The molecule has 3 rings (SSSR count). The predicted octanol–water partition coefficient (Wildman–Crippen LogP) is 5.03. The van der Waals surface area contributed by atoms with Crippen LogP contribution in [-0.4, -0.2) is 4.98 Å². The summed E-state index contributed by atoms with van der Waals surface area (Å²) >= 11 is 0. The van der Waals surface area contributed by atoms with Gasteiger partial charge in [-0.3, -0.25) is 4.98 Å². The maximum absolute atomic E-state index is 4.56. The minimum atomic E-state index is 1.06. The molecule has 0 unspecified atom stereocenters. The Balaban J connectivity index is 2.25. The van der Waals surface area contributed by atoms with Crippen molar-refractivity contribution in [3.05, 3.63) is 78.0 Å². The van der Waals surface area contributed by atoms with Gasteiger partial charge in [0.25, 0.3) is 0 Å². The average Bonchev–Trinajstić information content (AvgIpc) is 2.49. The van der Waals surface area contributed by atoms with Gasteiger partial charge in [-0.15, -0.1) is 0 Å². The molecule has 0 radical (unpaired) electrons. The largest absolute Gasteiger partial charge is 0.256 e. The molecule has 0 saturated carbocycles. The van der Waals surface area contributed by atoms with Crippen LogP contribution in [0.4, 0.5) is 0 Å². The molecule has 0 spiro atoms. The third kappa shape index (κ3) is 2.35. The highest BCUT2D eigenvalue weighted by Crippen LogP contribution is 2.33. The molecule has 0 aliphatic carbocycles. The first kappa shape index (κ1) is 12.6. The van der Waals surface area contributed by atoms with Crippen LogP contribution in [0, 0.1) is 13.8 Å². The van der Waals surface area contributed by atoms with Crippen molar-refractivity contribution >= 4 is 0 Å². The Morgan fingerprint density at radius 3 is 2.30 bits per heavy atom. The standard InChI is InChI=1S/C19H17N/c1-14-10-11-17(19-15(2)7-6-12-20-19)18(13-14)16-8-4-3-5-9-16/h3-13H,1-2H3. The lowest BCUT2D eigenvalue weighted by Crippen LogP contribution is -1.91. The number of pyridine rings is 1. The van der Waals surface area contributed by atoms with E-state index in [2.05, 4.69) is 67.4 Å². The zero-order valence-electron chi connectivity index (χ0n) is 11.8. The van der Waals surface area contributed by atoms with Gasteiger partial charge in [0, 0.05) is 11.8 Å². The van der Waals surface area contributed by atoms with Crippen LogP contribution in [0.15, 0.2) is 66.9 Å². The summed E-state index contributed by atoms with van der Waals surface area (Å²) in [6.07, 6.45) is 1.86. The van der Waals surface area contributed by atoms with Gasteiger partial charge in [-0.2, -0.15) is 0 Å². The van der Waals surface area contributed by atoms with E-state index in [9.17, 15) is 0 Å². The van der Waals surface area contributed by atoms with E-state index in [1.807, 2.05) is 18.3 Å². The van der Waals surface area contributed by atoms with Crippen molar-refractivity contribution in [1.29, 1.82) is 0 Å². The lowest BCUT2D eigenvalue weighted by Gasteiger charge is -2.12. The minimum absolute atomic E-state index is 1.06. The zero-order chi connectivity index (χ0) is 13.9. The first-order valence-electron chi connectivity index (χ1n) is 6.84. The Bertz CT molecular complexity index is 730. The van der Waals surface area contributed by atoms with E-state index in [-0.39, 0.29) is 0 Å². The predicted molar refractivity (Wildman–Crippen MR) is 84.6 cm³/mol. The zero-order valence-corrected chi connectivity index (χ0v) is 11.8. The highest BCUT2D eigenvalue weighted by molar-refractivity contribution is 5.83. The minimum Gasteiger partial charge on any atom is -0.256 e. The second-order valence-corrected chi connectivity index (χ2v) is 5.08. The number of aromatic nitrogens is 1. The molecule has 0 aliphatic rings. The normalized spacial score (nSPS) is 10.5. The van der Waals surface area contributed by atoms with Crippen LogP contribution in [0.3, 0.4) is 0 Å². The van der Waals surface area contributed by atoms with Crippen molar-refractivity contribution in [1.82, 2.24) is 4.98 Å². The number of aryl methyl sites for hydroxylation is 2. The fourth-order valence-electron chi connectivity index (χ4n) is 2.49. The third-order valence-corrected chi connectivity index (χ3v) is 3.52. The molecule has 0 amide bonds. The summed E-state index contributed by atoms with van der Waals surface area (Å²) in [7, 11) is 0. The second kappa shape index (κ2) is 5.30. The van der Waals surface area contributed by atoms with Gasteiger partial charge in [-0.25, -0.2) is 0 Å². The molecule has 20 heavy (non-hydrogen) atoms. The van der Waals surface area contributed by atoms with Gasteiger partial charge in [0.1, 0.15) is 0 Å². The van der Waals surface area contributed by atoms with E-state index in [0.717, 1.165) is 5.69 Å². The van der Waals surface area contributed by atoms with Crippen LogP contribution in [0.5, 0.6) is 0 Å². The van der Waals surface area contributed by atoms with Crippen LogP contribution in [-0.2, 0) is 0 Å². The van der Waals surface area contributed by atoms with E-state index in [0.29, 0.717) is 0 Å². The van der Waals surface area contributed by atoms with E-state index >= 15 is 0 Å². The number of hydrogen-bond acceptors (Lipinski definition) is 1. The maximum atomic E-state index is 4.56. The van der Waals surface area contributed by atoms with E-state index < -0.39 is 0 Å². The molecular weight excluding hydrogens is 242 g/mol. The fraction of sp³-hybridized carbons (Fsp3) is 0.105. The van der Waals surface area contributed by atoms with Crippen molar-refractivity contribution < 1.29 is 0 Å².